The second-order valence-corrected chi connectivity index (χ2v) is 5.25. The lowest BCUT2D eigenvalue weighted by molar-refractivity contribution is 0.121. The third-order valence-corrected chi connectivity index (χ3v) is 3.85. The van der Waals surface area contributed by atoms with Crippen molar-refractivity contribution in [3.05, 3.63) is 0 Å². The van der Waals surface area contributed by atoms with Crippen molar-refractivity contribution in [2.75, 3.05) is 19.8 Å². The summed E-state index contributed by atoms with van der Waals surface area (Å²) in [4.78, 5) is 0. The highest BCUT2D eigenvalue weighted by atomic mass is 16.5. The van der Waals surface area contributed by atoms with Crippen LogP contribution < -0.4 is 5.32 Å². The van der Waals surface area contributed by atoms with Crippen molar-refractivity contribution < 1.29 is 9.84 Å². The molecule has 88 valence electrons. The standard InChI is InChI=1S/C12H23NO2/c1-9-2-4-10(5-3-9)6-13-11-7-15-8-12(11)14/h9-14H,2-8H2,1H3. The largest absolute Gasteiger partial charge is 0.389 e. The summed E-state index contributed by atoms with van der Waals surface area (Å²) in [7, 11) is 0. The van der Waals surface area contributed by atoms with Gasteiger partial charge >= 0.3 is 0 Å². The molecule has 2 atom stereocenters. The maximum absolute atomic E-state index is 9.57. The molecule has 1 aliphatic heterocycles. The van der Waals surface area contributed by atoms with Gasteiger partial charge in [-0.25, -0.2) is 0 Å². The zero-order valence-electron chi connectivity index (χ0n) is 9.61. The van der Waals surface area contributed by atoms with E-state index in [0.717, 1.165) is 18.4 Å². The van der Waals surface area contributed by atoms with Crippen molar-refractivity contribution in [1.29, 1.82) is 0 Å². The monoisotopic (exact) mass is 213 g/mol. The molecule has 3 nitrogen and oxygen atoms in total. The van der Waals surface area contributed by atoms with Crippen LogP contribution in [-0.4, -0.2) is 37.0 Å². The molecule has 1 saturated heterocycles. The summed E-state index contributed by atoms with van der Waals surface area (Å²) in [5.74, 6) is 1.73. The van der Waals surface area contributed by atoms with E-state index in [4.69, 9.17) is 4.74 Å². The smallest absolute Gasteiger partial charge is 0.0948 e. The average molecular weight is 213 g/mol. The summed E-state index contributed by atoms with van der Waals surface area (Å²) < 4.78 is 5.21. The molecule has 0 spiro atoms. The van der Waals surface area contributed by atoms with E-state index in [2.05, 4.69) is 12.2 Å². The van der Waals surface area contributed by atoms with E-state index in [1.54, 1.807) is 0 Å². The molecule has 2 unspecified atom stereocenters. The number of aliphatic hydroxyl groups excluding tert-OH is 1. The fraction of sp³-hybridized carbons (Fsp3) is 1.00. The van der Waals surface area contributed by atoms with Gasteiger partial charge in [-0.05, 0) is 31.2 Å². The molecular formula is C12H23NO2. The van der Waals surface area contributed by atoms with Gasteiger partial charge in [0.15, 0.2) is 0 Å². The first-order chi connectivity index (χ1) is 7.25. The predicted octanol–water partition coefficient (Wildman–Crippen LogP) is 1.16. The van der Waals surface area contributed by atoms with E-state index >= 15 is 0 Å². The zero-order valence-corrected chi connectivity index (χ0v) is 9.61. The van der Waals surface area contributed by atoms with Crippen LogP contribution in [0.15, 0.2) is 0 Å². The molecule has 2 aliphatic rings. The number of aliphatic hydroxyl groups is 1. The number of hydrogen-bond donors (Lipinski definition) is 2. The van der Waals surface area contributed by atoms with E-state index in [0.29, 0.717) is 13.2 Å². The molecule has 0 aromatic carbocycles. The van der Waals surface area contributed by atoms with Crippen molar-refractivity contribution in [1.82, 2.24) is 5.32 Å². The molecule has 0 radical (unpaired) electrons. The summed E-state index contributed by atoms with van der Waals surface area (Å²) in [6, 6.07) is 0.171. The Labute approximate surface area is 92.2 Å². The Balaban J connectivity index is 1.65. The molecule has 1 aliphatic carbocycles. The molecule has 2 fully saturated rings. The van der Waals surface area contributed by atoms with Crippen molar-refractivity contribution in [3.8, 4) is 0 Å². The topological polar surface area (TPSA) is 41.5 Å². The molecular weight excluding hydrogens is 190 g/mol. The van der Waals surface area contributed by atoms with Gasteiger partial charge in [-0.3, -0.25) is 0 Å². The third-order valence-electron chi connectivity index (χ3n) is 3.85. The predicted molar refractivity (Wildman–Crippen MR) is 59.7 cm³/mol. The highest BCUT2D eigenvalue weighted by Crippen LogP contribution is 2.27. The van der Waals surface area contributed by atoms with Crippen molar-refractivity contribution in [2.45, 2.75) is 44.8 Å². The Hall–Kier alpha value is -0.120. The van der Waals surface area contributed by atoms with Gasteiger partial charge in [0.25, 0.3) is 0 Å². The molecule has 0 aromatic heterocycles. The van der Waals surface area contributed by atoms with Crippen molar-refractivity contribution >= 4 is 0 Å². The normalized spacial score (nSPS) is 42.0. The first-order valence-electron chi connectivity index (χ1n) is 6.25. The fourth-order valence-electron chi connectivity index (χ4n) is 2.59. The van der Waals surface area contributed by atoms with E-state index in [9.17, 15) is 5.11 Å². The van der Waals surface area contributed by atoms with Crippen LogP contribution in [-0.2, 0) is 4.74 Å². The lowest BCUT2D eigenvalue weighted by Gasteiger charge is -2.27. The van der Waals surface area contributed by atoms with E-state index in [-0.39, 0.29) is 12.1 Å². The van der Waals surface area contributed by atoms with Crippen LogP contribution in [0.3, 0.4) is 0 Å². The number of nitrogens with one attached hydrogen (secondary N) is 1. The molecule has 1 saturated carbocycles. The van der Waals surface area contributed by atoms with Gasteiger partial charge in [0, 0.05) is 0 Å². The van der Waals surface area contributed by atoms with Crippen molar-refractivity contribution in [3.63, 3.8) is 0 Å². The van der Waals surface area contributed by atoms with Gasteiger partial charge in [-0.2, -0.15) is 0 Å². The minimum Gasteiger partial charge on any atom is -0.389 e. The molecule has 15 heavy (non-hydrogen) atoms. The van der Waals surface area contributed by atoms with Crippen LogP contribution in [0.25, 0.3) is 0 Å². The quantitative estimate of drug-likeness (QED) is 0.739. The molecule has 1 heterocycles. The Morgan fingerprint density at radius 3 is 2.53 bits per heavy atom. The van der Waals surface area contributed by atoms with E-state index in [1.807, 2.05) is 0 Å². The van der Waals surface area contributed by atoms with E-state index in [1.165, 1.54) is 25.7 Å². The highest BCUT2D eigenvalue weighted by Gasteiger charge is 2.27. The van der Waals surface area contributed by atoms with Gasteiger partial charge in [0.1, 0.15) is 0 Å². The summed E-state index contributed by atoms with van der Waals surface area (Å²) in [5.41, 5.74) is 0. The Morgan fingerprint density at radius 1 is 1.20 bits per heavy atom. The van der Waals surface area contributed by atoms with Crippen molar-refractivity contribution in [2.24, 2.45) is 11.8 Å². The molecule has 2 rings (SSSR count). The van der Waals surface area contributed by atoms with Gasteiger partial charge in [0.2, 0.25) is 0 Å². The van der Waals surface area contributed by atoms with Crippen LogP contribution in [0.2, 0.25) is 0 Å². The first-order valence-corrected chi connectivity index (χ1v) is 6.25. The second-order valence-electron chi connectivity index (χ2n) is 5.25. The Morgan fingerprint density at radius 2 is 1.93 bits per heavy atom. The number of rotatable bonds is 3. The molecule has 0 amide bonds. The SMILES string of the molecule is CC1CCC(CNC2COCC2O)CC1. The lowest BCUT2D eigenvalue weighted by atomic mass is 9.83. The van der Waals surface area contributed by atoms with E-state index < -0.39 is 0 Å². The third kappa shape index (κ3) is 3.16. The molecule has 3 heteroatoms. The van der Waals surface area contributed by atoms with Crippen LogP contribution >= 0.6 is 0 Å². The van der Waals surface area contributed by atoms with Gasteiger partial charge in [0.05, 0.1) is 25.4 Å². The number of ether oxygens (including phenoxy) is 1. The fourth-order valence-corrected chi connectivity index (χ4v) is 2.59. The summed E-state index contributed by atoms with van der Waals surface area (Å²) in [6.45, 7) is 4.57. The maximum atomic E-state index is 9.57. The second kappa shape index (κ2) is 5.28. The summed E-state index contributed by atoms with van der Waals surface area (Å²) in [5, 5.41) is 13.0. The zero-order chi connectivity index (χ0) is 10.7. The first kappa shape index (κ1) is 11.4. The van der Waals surface area contributed by atoms with Crippen LogP contribution in [0, 0.1) is 11.8 Å². The minimum absolute atomic E-state index is 0.171. The van der Waals surface area contributed by atoms with Gasteiger partial charge in [-0.1, -0.05) is 19.8 Å². The van der Waals surface area contributed by atoms with Crippen LogP contribution in [0.4, 0.5) is 0 Å². The van der Waals surface area contributed by atoms with Crippen LogP contribution in [0.5, 0.6) is 0 Å². The van der Waals surface area contributed by atoms with Gasteiger partial charge < -0.3 is 15.2 Å². The highest BCUT2D eigenvalue weighted by molar-refractivity contribution is 4.82. The minimum atomic E-state index is -0.299. The summed E-state index contributed by atoms with van der Waals surface area (Å²) in [6.07, 6.45) is 5.13. The lowest BCUT2D eigenvalue weighted by Crippen LogP contribution is -2.41. The Bertz CT molecular complexity index is 190. The van der Waals surface area contributed by atoms with Crippen LogP contribution in [0.1, 0.15) is 32.6 Å². The Kier molecular flexibility index (Phi) is 4.00. The molecule has 0 bridgehead atoms. The molecule has 2 N–H and O–H groups in total. The maximum Gasteiger partial charge on any atom is 0.0948 e. The number of hydrogen-bond acceptors (Lipinski definition) is 3. The van der Waals surface area contributed by atoms with Gasteiger partial charge in [-0.15, -0.1) is 0 Å². The molecule has 0 aromatic rings. The average Bonchev–Trinajstić information content (AvgIpc) is 2.63. The summed E-state index contributed by atoms with van der Waals surface area (Å²) >= 11 is 0.